The molecule has 0 N–H and O–H groups in total. The Morgan fingerprint density at radius 1 is 0.971 bits per heavy atom. The van der Waals surface area contributed by atoms with Gasteiger partial charge >= 0.3 is 17.8 Å². The van der Waals surface area contributed by atoms with E-state index in [2.05, 4.69) is 4.74 Å². The van der Waals surface area contributed by atoms with E-state index in [0.29, 0.717) is 0 Å². The van der Waals surface area contributed by atoms with Gasteiger partial charge in [0.2, 0.25) is 5.75 Å². The normalized spacial score (nSPS) is 11.0. The first kappa shape index (κ1) is 24.6. The van der Waals surface area contributed by atoms with Gasteiger partial charge in [0.05, 0.1) is 22.6 Å². The molecule has 0 aliphatic carbocycles. The van der Waals surface area contributed by atoms with Gasteiger partial charge in [-0.05, 0) is 30.3 Å². The summed E-state index contributed by atoms with van der Waals surface area (Å²) in [5.74, 6) is -0.711. The predicted molar refractivity (Wildman–Crippen MR) is 114 cm³/mol. The molecule has 0 spiro atoms. The number of nitro benzene ring substituents is 1. The number of methoxy groups -OCH3 is 1. The number of ether oxygens (including phenoxy) is 4. The van der Waals surface area contributed by atoms with Crippen LogP contribution in [0.2, 0.25) is 5.02 Å². The molecule has 8 nitrogen and oxygen atoms in total. The second-order valence-corrected chi connectivity index (χ2v) is 6.95. The number of halogens is 4. The molecule has 0 saturated carbocycles. The minimum atomic E-state index is -4.63. The van der Waals surface area contributed by atoms with Gasteiger partial charge in [-0.25, -0.2) is 4.79 Å². The molecule has 0 aliphatic rings. The molecule has 0 bridgehead atoms. The van der Waals surface area contributed by atoms with Crippen LogP contribution in [0.3, 0.4) is 0 Å². The molecule has 0 unspecified atom stereocenters. The summed E-state index contributed by atoms with van der Waals surface area (Å²) >= 11 is 5.70. The molecule has 12 heteroatoms. The molecule has 0 aliphatic heterocycles. The van der Waals surface area contributed by atoms with Crippen molar-refractivity contribution in [2.24, 2.45) is 0 Å². The Hall–Kier alpha value is -3.99. The van der Waals surface area contributed by atoms with Crippen LogP contribution < -0.4 is 14.2 Å². The molecule has 0 amide bonds. The van der Waals surface area contributed by atoms with E-state index >= 15 is 0 Å². The van der Waals surface area contributed by atoms with Crippen molar-refractivity contribution in [3.63, 3.8) is 0 Å². The van der Waals surface area contributed by atoms with Crippen molar-refractivity contribution in [1.29, 1.82) is 0 Å². The van der Waals surface area contributed by atoms with Gasteiger partial charge in [-0.1, -0.05) is 23.7 Å². The first-order chi connectivity index (χ1) is 16.1. The minimum Gasteiger partial charge on any atom is -0.478 e. The Balaban J connectivity index is 1.89. The van der Waals surface area contributed by atoms with Crippen LogP contribution in [-0.2, 0) is 15.7 Å². The summed E-state index contributed by atoms with van der Waals surface area (Å²) < 4.78 is 59.7. The molecule has 0 fully saturated rings. The van der Waals surface area contributed by atoms with Gasteiger partial charge in [0, 0.05) is 18.2 Å². The summed E-state index contributed by atoms with van der Waals surface area (Å²) in [7, 11) is 1.19. The fourth-order valence-electron chi connectivity index (χ4n) is 2.68. The highest BCUT2D eigenvalue weighted by molar-refractivity contribution is 6.31. The number of esters is 1. The largest absolute Gasteiger partial charge is 0.478 e. The Kier molecular flexibility index (Phi) is 7.47. The maximum Gasteiger partial charge on any atom is 0.417 e. The van der Waals surface area contributed by atoms with Crippen molar-refractivity contribution >= 4 is 23.3 Å². The number of hydrogen-bond donors (Lipinski definition) is 0. The SMILES string of the molecule is COC(=O)COc1ccccc1Oc1cc(Oc2ccc(C(F)(F)F)c(Cl)c2)ccc1[N+](=O)[O-]. The number of carbonyl (C=O) groups is 1. The van der Waals surface area contributed by atoms with Gasteiger partial charge < -0.3 is 18.9 Å². The summed E-state index contributed by atoms with van der Waals surface area (Å²) in [6, 6.07) is 12.4. The fraction of sp³-hybridized carbons (Fsp3) is 0.136. The molecule has 0 aromatic heterocycles. The average Bonchev–Trinajstić information content (AvgIpc) is 2.77. The third-order valence-corrected chi connectivity index (χ3v) is 4.56. The third-order valence-electron chi connectivity index (χ3n) is 4.25. The van der Waals surface area contributed by atoms with Gasteiger partial charge in [0.25, 0.3) is 0 Å². The van der Waals surface area contributed by atoms with Crippen molar-refractivity contribution in [2.75, 3.05) is 13.7 Å². The van der Waals surface area contributed by atoms with E-state index in [9.17, 15) is 28.1 Å². The Bertz CT molecular complexity index is 1220. The predicted octanol–water partition coefficient (Wildman–Crippen LogP) is 6.40. The fourth-order valence-corrected chi connectivity index (χ4v) is 2.96. The summed E-state index contributed by atoms with van der Waals surface area (Å²) in [5.41, 5.74) is -1.45. The number of benzene rings is 3. The lowest BCUT2D eigenvalue weighted by Gasteiger charge is -2.14. The third kappa shape index (κ3) is 6.07. The van der Waals surface area contributed by atoms with Crippen LogP contribution in [0.25, 0.3) is 0 Å². The Morgan fingerprint density at radius 3 is 2.24 bits per heavy atom. The number of rotatable bonds is 8. The molecule has 0 saturated heterocycles. The maximum absolute atomic E-state index is 12.9. The van der Waals surface area contributed by atoms with Gasteiger partial charge in [0.15, 0.2) is 18.1 Å². The van der Waals surface area contributed by atoms with E-state index < -0.39 is 39.9 Å². The quantitative estimate of drug-likeness (QED) is 0.202. The number of alkyl halides is 3. The van der Waals surface area contributed by atoms with E-state index in [4.69, 9.17) is 25.8 Å². The number of para-hydroxylation sites is 2. The summed E-state index contributed by atoms with van der Waals surface area (Å²) in [6.45, 7) is -0.420. The van der Waals surface area contributed by atoms with Crippen LogP contribution in [0, 0.1) is 10.1 Å². The van der Waals surface area contributed by atoms with Crippen LogP contribution in [0.15, 0.2) is 60.7 Å². The van der Waals surface area contributed by atoms with Gasteiger partial charge in [0.1, 0.15) is 11.5 Å². The van der Waals surface area contributed by atoms with E-state index in [0.717, 1.165) is 24.3 Å². The van der Waals surface area contributed by atoms with Crippen LogP contribution >= 0.6 is 11.6 Å². The summed E-state index contributed by atoms with van der Waals surface area (Å²) in [6.07, 6.45) is -4.63. The first-order valence-corrected chi connectivity index (χ1v) is 9.76. The monoisotopic (exact) mass is 497 g/mol. The molecular formula is C22H15ClF3NO7. The highest BCUT2D eigenvalue weighted by atomic mass is 35.5. The first-order valence-electron chi connectivity index (χ1n) is 9.38. The van der Waals surface area contributed by atoms with Crippen LogP contribution in [-0.4, -0.2) is 24.6 Å². The number of nitro groups is 1. The van der Waals surface area contributed by atoms with Gasteiger partial charge in [-0.2, -0.15) is 13.2 Å². The molecule has 0 atom stereocenters. The van der Waals surface area contributed by atoms with Gasteiger partial charge in [-0.3, -0.25) is 10.1 Å². The lowest BCUT2D eigenvalue weighted by atomic mass is 10.2. The molecule has 3 aromatic carbocycles. The van der Waals surface area contributed by atoms with Crippen molar-refractivity contribution in [2.45, 2.75) is 6.18 Å². The van der Waals surface area contributed by atoms with Crippen LogP contribution in [0.1, 0.15) is 5.56 Å². The van der Waals surface area contributed by atoms with E-state index in [1.165, 1.54) is 31.4 Å². The van der Waals surface area contributed by atoms with Gasteiger partial charge in [-0.15, -0.1) is 0 Å². The Morgan fingerprint density at radius 2 is 1.62 bits per heavy atom. The van der Waals surface area contributed by atoms with Crippen LogP contribution in [0.4, 0.5) is 18.9 Å². The number of carbonyl (C=O) groups excluding carboxylic acids is 1. The number of nitrogens with zero attached hydrogens (tertiary/aromatic N) is 1. The smallest absolute Gasteiger partial charge is 0.417 e. The molecule has 0 radical (unpaired) electrons. The van der Waals surface area contributed by atoms with Crippen molar-refractivity contribution in [3.8, 4) is 28.7 Å². The van der Waals surface area contributed by atoms with Crippen molar-refractivity contribution < 1.29 is 41.8 Å². The molecule has 0 heterocycles. The van der Waals surface area contributed by atoms with E-state index in [1.807, 2.05) is 0 Å². The lowest BCUT2D eigenvalue weighted by molar-refractivity contribution is -0.385. The molecule has 3 aromatic rings. The van der Waals surface area contributed by atoms with E-state index in [1.54, 1.807) is 12.1 Å². The Labute approximate surface area is 195 Å². The highest BCUT2D eigenvalue weighted by Crippen LogP contribution is 2.40. The topological polar surface area (TPSA) is 97.1 Å². The maximum atomic E-state index is 12.9. The molecule has 34 heavy (non-hydrogen) atoms. The van der Waals surface area contributed by atoms with Crippen molar-refractivity contribution in [3.05, 3.63) is 81.4 Å². The second-order valence-electron chi connectivity index (χ2n) is 6.54. The van der Waals surface area contributed by atoms with E-state index in [-0.39, 0.29) is 28.7 Å². The summed E-state index contributed by atoms with van der Waals surface area (Å²) in [5, 5.41) is 10.9. The minimum absolute atomic E-state index is 0.0281. The average molecular weight is 498 g/mol. The van der Waals surface area contributed by atoms with Crippen LogP contribution in [0.5, 0.6) is 28.7 Å². The molecule has 3 rings (SSSR count). The standard InChI is InChI=1S/C22H15ClF3NO7/c1-31-21(28)12-32-18-4-2-3-5-19(18)34-20-11-14(7-9-17(20)27(29)30)33-13-6-8-15(16(23)10-13)22(24,25)26/h2-11H,12H2,1H3. The molecular weight excluding hydrogens is 483 g/mol. The summed E-state index contributed by atoms with van der Waals surface area (Å²) in [4.78, 5) is 22.1. The number of hydrogen-bond acceptors (Lipinski definition) is 7. The molecule has 178 valence electrons. The zero-order chi connectivity index (χ0) is 24.9. The second kappa shape index (κ2) is 10.3. The lowest BCUT2D eigenvalue weighted by Crippen LogP contribution is -2.12. The zero-order valence-electron chi connectivity index (χ0n) is 17.3. The zero-order valence-corrected chi connectivity index (χ0v) is 18.1. The van der Waals surface area contributed by atoms with Crippen molar-refractivity contribution in [1.82, 2.24) is 0 Å². The highest BCUT2D eigenvalue weighted by Gasteiger charge is 2.33.